The first kappa shape index (κ1) is 57.3. The Kier molecular flexibility index (Phi) is 13.3. The molecule has 1 heterocycles. The summed E-state index contributed by atoms with van der Waals surface area (Å²) in [5.74, 6) is -0.608. The third-order valence-electron chi connectivity index (χ3n) is 20.4. The molecule has 0 amide bonds. The van der Waals surface area contributed by atoms with E-state index in [9.17, 15) is 0 Å². The van der Waals surface area contributed by atoms with Gasteiger partial charge in [-0.1, -0.05) is 194 Å². The maximum absolute atomic E-state index is 15.1. The molecule has 14 aromatic carbocycles. The van der Waals surface area contributed by atoms with E-state index in [2.05, 4.69) is 281 Å². The summed E-state index contributed by atoms with van der Waals surface area (Å²) < 4.78 is 37.0. The van der Waals surface area contributed by atoms with Crippen molar-refractivity contribution in [3.05, 3.63) is 382 Å². The van der Waals surface area contributed by atoms with E-state index in [1.807, 2.05) is 36.4 Å². The molecule has 5 heteroatoms. The van der Waals surface area contributed by atoms with E-state index in [1.54, 1.807) is 0 Å². The zero-order chi connectivity index (χ0) is 64.4. The molecule has 2 unspecified atom stereocenters. The van der Waals surface area contributed by atoms with Crippen LogP contribution in [-0.2, 0) is 10.8 Å². The summed E-state index contributed by atoms with van der Waals surface area (Å²) in [6.45, 7) is 17.0. The highest BCUT2D eigenvalue weighted by atomic mass is 19.1. The maximum atomic E-state index is 15.1. The molecule has 2 aliphatic carbocycles. The Balaban J connectivity index is 0.813. The van der Waals surface area contributed by atoms with Gasteiger partial charge in [-0.15, -0.1) is 0 Å². The number of fused-ring (bicyclic) bond motifs is 11. The van der Waals surface area contributed by atoms with Crippen molar-refractivity contribution in [3.63, 3.8) is 0 Å². The van der Waals surface area contributed by atoms with Crippen LogP contribution in [0, 0.1) is 39.3 Å². The second kappa shape index (κ2) is 22.0. The zero-order valence-corrected chi connectivity index (χ0v) is 53.2. The first-order chi connectivity index (χ1) is 46.4. The summed E-state index contributed by atoms with van der Waals surface area (Å²) in [6, 6.07) is 98.2. The minimum atomic E-state index is -0.671. The average Bonchev–Trinajstić information content (AvgIpc) is 1.56. The van der Waals surface area contributed by atoms with E-state index in [0.29, 0.717) is 0 Å². The Bertz CT molecular complexity index is 5320. The van der Waals surface area contributed by atoms with Crippen LogP contribution in [0.15, 0.2) is 297 Å². The van der Waals surface area contributed by atoms with Crippen LogP contribution in [0.3, 0.4) is 0 Å². The second-order valence-corrected chi connectivity index (χ2v) is 25.8. The number of rotatable bonds is 12. The van der Waals surface area contributed by atoms with Crippen molar-refractivity contribution in [1.82, 2.24) is 0 Å². The van der Waals surface area contributed by atoms with Gasteiger partial charge in [-0.3, -0.25) is 0 Å². The monoisotopic (exact) mass is 1230 g/mol. The topological polar surface area (TPSA) is 19.6 Å². The fourth-order valence-corrected chi connectivity index (χ4v) is 15.9. The van der Waals surface area contributed by atoms with Crippen LogP contribution < -0.4 is 9.80 Å². The Hall–Kier alpha value is -11.7. The molecular formula is C90H64F2N2O. The van der Waals surface area contributed by atoms with Crippen molar-refractivity contribution in [2.75, 3.05) is 9.80 Å². The smallest absolute Gasteiger partial charge is 0.136 e. The highest BCUT2D eigenvalue weighted by Gasteiger charge is 2.49. The van der Waals surface area contributed by atoms with E-state index >= 15 is 8.78 Å². The lowest BCUT2D eigenvalue weighted by Gasteiger charge is -2.36. The number of aryl methyl sites for hydroxylation is 4. The standard InChI is InChI=1S/C90H64F2N2O/c1-7-59-21-27-65(28-22-59)89(83-45-55(3)17-19-57(83)5)81-15-11-9-13-75(81)77-43-41-73(53-85(77)89)93(69-37-31-67(91)32-38-69)71-35-25-61-51-87-79(49-63(61)47-71)80-50-64-48-72(36-26-62(64)52-88(80)95-87)94(70-39-33-68(92)34-40-70)74-42-44-78-76-14-10-12-16-82(76)90(86(78)54-74,66-29-23-60(8-2)24-30-66)84-46-56(4)18-20-58(84)6/h7-54H,1-2H2,3-6H3. The van der Waals surface area contributed by atoms with E-state index in [0.717, 1.165) is 99.9 Å². The molecule has 454 valence electrons. The summed E-state index contributed by atoms with van der Waals surface area (Å²) in [5, 5.41) is 6.06. The maximum Gasteiger partial charge on any atom is 0.136 e. The SMILES string of the molecule is C=Cc1ccc(C2(c3cc(C)ccc3C)c3ccccc3-c3ccc(N(c4ccc(F)cc4)c4ccc5cc6oc7cc8ccc(N(c9ccc(F)cc9)c9ccc%10c(c9)C(c9ccc(C=C)cc9)(c9cc(C)ccc9C)c9ccccc9-%10)cc8cc7c6cc5c4)cc32)cc1. The van der Waals surface area contributed by atoms with E-state index in [1.165, 1.54) is 102 Å². The fraction of sp³-hybridized carbons (Fsp3) is 0.0667. The van der Waals surface area contributed by atoms with Gasteiger partial charge in [0.25, 0.3) is 0 Å². The van der Waals surface area contributed by atoms with Gasteiger partial charge in [0.05, 0.1) is 10.8 Å². The second-order valence-electron chi connectivity index (χ2n) is 25.8. The van der Waals surface area contributed by atoms with Crippen LogP contribution in [0.2, 0.25) is 0 Å². The molecule has 0 N–H and O–H groups in total. The molecule has 0 saturated heterocycles. The highest BCUT2D eigenvalue weighted by Crippen LogP contribution is 2.60. The molecule has 0 saturated carbocycles. The van der Waals surface area contributed by atoms with Gasteiger partial charge < -0.3 is 14.2 Å². The van der Waals surface area contributed by atoms with Gasteiger partial charge in [0.2, 0.25) is 0 Å². The van der Waals surface area contributed by atoms with Gasteiger partial charge >= 0.3 is 0 Å². The fourth-order valence-electron chi connectivity index (χ4n) is 15.9. The Labute approximate surface area is 552 Å². The van der Waals surface area contributed by atoms with Gasteiger partial charge in [-0.25, -0.2) is 8.78 Å². The van der Waals surface area contributed by atoms with Crippen LogP contribution >= 0.6 is 0 Å². The van der Waals surface area contributed by atoms with Crippen LogP contribution in [-0.4, -0.2) is 0 Å². The molecule has 2 aliphatic rings. The summed E-state index contributed by atoms with van der Waals surface area (Å²) in [5.41, 5.74) is 26.8. The molecule has 17 rings (SSSR count). The van der Waals surface area contributed by atoms with Crippen molar-refractivity contribution >= 4 is 89.8 Å². The lowest BCUT2D eigenvalue weighted by molar-refractivity contribution is 0.627. The number of nitrogens with zero attached hydrogens (tertiary/aromatic N) is 2. The van der Waals surface area contributed by atoms with Gasteiger partial charge in [-0.05, 0) is 260 Å². The normalized spacial score (nSPS) is 15.2. The molecule has 95 heavy (non-hydrogen) atoms. The van der Waals surface area contributed by atoms with Crippen molar-refractivity contribution in [3.8, 4) is 22.3 Å². The Morgan fingerprint density at radius 3 is 1.09 bits per heavy atom. The van der Waals surface area contributed by atoms with Gasteiger partial charge in [0.15, 0.2) is 0 Å². The predicted octanol–water partition coefficient (Wildman–Crippen LogP) is 24.4. The average molecular weight is 1230 g/mol. The van der Waals surface area contributed by atoms with Crippen molar-refractivity contribution in [2.45, 2.75) is 38.5 Å². The Morgan fingerprint density at radius 2 is 0.684 bits per heavy atom. The number of benzene rings is 14. The first-order valence-corrected chi connectivity index (χ1v) is 32.4. The van der Waals surface area contributed by atoms with Crippen LogP contribution in [0.5, 0.6) is 0 Å². The first-order valence-electron chi connectivity index (χ1n) is 32.4. The van der Waals surface area contributed by atoms with E-state index in [-0.39, 0.29) is 11.6 Å². The minimum absolute atomic E-state index is 0.304. The summed E-state index contributed by atoms with van der Waals surface area (Å²) >= 11 is 0. The molecule has 0 fully saturated rings. The molecule has 0 bridgehead atoms. The van der Waals surface area contributed by atoms with Crippen molar-refractivity contribution in [2.24, 2.45) is 0 Å². The van der Waals surface area contributed by atoms with Crippen LogP contribution in [0.4, 0.5) is 42.9 Å². The molecule has 0 aliphatic heterocycles. The highest BCUT2D eigenvalue weighted by molar-refractivity contribution is 6.14. The third-order valence-corrected chi connectivity index (χ3v) is 20.4. The molecular weight excluding hydrogens is 1160 g/mol. The molecule has 0 radical (unpaired) electrons. The summed E-state index contributed by atoms with van der Waals surface area (Å²) in [6.07, 6.45) is 3.79. The minimum Gasteiger partial charge on any atom is -0.456 e. The molecule has 2 atom stereocenters. The number of anilines is 6. The van der Waals surface area contributed by atoms with Crippen LogP contribution in [0.25, 0.3) is 77.9 Å². The number of furan rings is 1. The van der Waals surface area contributed by atoms with E-state index < -0.39 is 10.8 Å². The summed E-state index contributed by atoms with van der Waals surface area (Å²) in [7, 11) is 0. The van der Waals surface area contributed by atoms with Crippen LogP contribution in [0.1, 0.15) is 77.9 Å². The zero-order valence-electron chi connectivity index (χ0n) is 53.2. The number of halogens is 2. The van der Waals surface area contributed by atoms with Gasteiger partial charge in [-0.2, -0.15) is 0 Å². The third kappa shape index (κ3) is 8.90. The molecule has 0 spiro atoms. The number of hydrogen-bond acceptors (Lipinski definition) is 3. The molecule has 1 aromatic heterocycles. The molecule has 3 nitrogen and oxygen atoms in total. The van der Waals surface area contributed by atoms with Gasteiger partial charge in [0, 0.05) is 44.9 Å². The summed E-state index contributed by atoms with van der Waals surface area (Å²) in [4.78, 5) is 4.50. The van der Waals surface area contributed by atoms with Crippen molar-refractivity contribution in [1.29, 1.82) is 0 Å². The lowest BCUT2D eigenvalue weighted by atomic mass is 9.66. The van der Waals surface area contributed by atoms with Crippen molar-refractivity contribution < 1.29 is 13.2 Å². The lowest BCUT2D eigenvalue weighted by Crippen LogP contribution is -2.30. The van der Waals surface area contributed by atoms with Gasteiger partial charge in [0.1, 0.15) is 22.8 Å². The Morgan fingerprint density at radius 1 is 0.316 bits per heavy atom. The quantitative estimate of drug-likeness (QED) is 0.122. The van der Waals surface area contributed by atoms with E-state index in [4.69, 9.17) is 4.42 Å². The number of hydrogen-bond donors (Lipinski definition) is 0. The largest absolute Gasteiger partial charge is 0.456 e. The predicted molar refractivity (Wildman–Crippen MR) is 392 cm³/mol. The molecule has 15 aromatic rings.